The summed E-state index contributed by atoms with van der Waals surface area (Å²) in [7, 11) is -3.96. The Bertz CT molecular complexity index is 960. The molecule has 1 aliphatic heterocycles. The van der Waals surface area contributed by atoms with Crippen molar-refractivity contribution >= 4 is 33.2 Å². The average Bonchev–Trinajstić information content (AvgIpc) is 3.18. The highest BCUT2D eigenvalue weighted by Crippen LogP contribution is 2.30. The van der Waals surface area contributed by atoms with Gasteiger partial charge in [-0.05, 0) is 51.3 Å². The first kappa shape index (κ1) is 18.8. The van der Waals surface area contributed by atoms with Crippen LogP contribution in [0.25, 0.3) is 0 Å². The molecule has 1 saturated heterocycles. The van der Waals surface area contributed by atoms with Crippen molar-refractivity contribution in [1.82, 2.24) is 9.88 Å². The van der Waals surface area contributed by atoms with E-state index in [0.717, 1.165) is 18.4 Å². The van der Waals surface area contributed by atoms with E-state index in [4.69, 9.17) is 11.6 Å². The lowest BCUT2D eigenvalue weighted by Crippen LogP contribution is -2.30. The third kappa shape index (κ3) is 3.46. The molecule has 1 amide bonds. The highest BCUT2D eigenvalue weighted by atomic mass is 35.5. The molecule has 2 heterocycles. The smallest absolute Gasteiger partial charge is 0.264 e. The van der Waals surface area contributed by atoms with Gasteiger partial charge in [0.1, 0.15) is 4.90 Å². The van der Waals surface area contributed by atoms with E-state index in [1.807, 2.05) is 0 Å². The molecule has 1 aromatic carbocycles. The number of aryl methyl sites for hydroxylation is 3. The summed E-state index contributed by atoms with van der Waals surface area (Å²) in [5.41, 5.74) is 2.36. The Labute approximate surface area is 158 Å². The monoisotopic (exact) mass is 395 g/mol. The summed E-state index contributed by atoms with van der Waals surface area (Å²) in [6.45, 7) is 6.48. The zero-order valence-electron chi connectivity index (χ0n) is 15.0. The number of rotatable bonds is 4. The number of nitrogens with one attached hydrogen (secondary N) is 2. The van der Waals surface area contributed by atoms with Gasteiger partial charge in [-0.15, -0.1) is 0 Å². The molecular weight excluding hydrogens is 374 g/mol. The van der Waals surface area contributed by atoms with Crippen molar-refractivity contribution in [1.29, 1.82) is 0 Å². The van der Waals surface area contributed by atoms with Crippen LogP contribution in [0.4, 0.5) is 5.69 Å². The molecule has 6 nitrogen and oxygen atoms in total. The van der Waals surface area contributed by atoms with Gasteiger partial charge in [-0.1, -0.05) is 17.7 Å². The summed E-state index contributed by atoms with van der Waals surface area (Å²) in [6, 6.07) is 5.00. The van der Waals surface area contributed by atoms with Crippen LogP contribution in [0.15, 0.2) is 23.1 Å². The summed E-state index contributed by atoms with van der Waals surface area (Å²) in [4.78, 5) is 17.6. The van der Waals surface area contributed by atoms with Gasteiger partial charge in [-0.25, -0.2) is 8.42 Å². The van der Waals surface area contributed by atoms with Crippen LogP contribution in [-0.4, -0.2) is 37.3 Å². The standard InChI is InChI=1S/C18H22ClN3O3S/c1-11-6-7-14(19)10-15(11)21-26(24,25)17-13(3)20-12(2)16(17)18(23)22-8-4-5-9-22/h6-7,10,20-21H,4-5,8-9H2,1-3H3. The first-order valence-corrected chi connectivity index (χ1v) is 10.3. The van der Waals surface area contributed by atoms with Crippen LogP contribution >= 0.6 is 11.6 Å². The number of H-pyrrole nitrogens is 1. The lowest BCUT2D eigenvalue weighted by Gasteiger charge is -2.17. The van der Waals surface area contributed by atoms with Crippen molar-refractivity contribution in [2.24, 2.45) is 0 Å². The maximum absolute atomic E-state index is 13.1. The second-order valence-corrected chi connectivity index (χ2v) is 8.70. The fourth-order valence-electron chi connectivity index (χ4n) is 3.33. The number of benzene rings is 1. The minimum atomic E-state index is -3.96. The molecule has 1 fully saturated rings. The fraction of sp³-hybridized carbons (Fsp3) is 0.389. The van der Waals surface area contributed by atoms with Crippen molar-refractivity contribution in [3.63, 3.8) is 0 Å². The van der Waals surface area contributed by atoms with Gasteiger partial charge in [0.15, 0.2) is 0 Å². The summed E-state index contributed by atoms with van der Waals surface area (Å²) in [5, 5.41) is 0.434. The molecule has 2 aromatic rings. The van der Waals surface area contributed by atoms with Crippen LogP contribution in [0.2, 0.25) is 5.02 Å². The Morgan fingerprint density at radius 3 is 2.46 bits per heavy atom. The Balaban J connectivity index is 2.05. The van der Waals surface area contributed by atoms with Crippen molar-refractivity contribution in [2.75, 3.05) is 17.8 Å². The Kier molecular flexibility index (Phi) is 5.03. The molecule has 140 valence electrons. The molecule has 8 heteroatoms. The SMILES string of the molecule is Cc1ccc(Cl)cc1NS(=O)(=O)c1c(C)[nH]c(C)c1C(=O)N1CCCC1. The number of anilines is 1. The molecule has 0 spiro atoms. The Morgan fingerprint density at radius 2 is 1.81 bits per heavy atom. The lowest BCUT2D eigenvalue weighted by molar-refractivity contribution is 0.0788. The molecule has 1 aliphatic rings. The molecule has 1 aromatic heterocycles. The first-order chi connectivity index (χ1) is 12.2. The topological polar surface area (TPSA) is 82.3 Å². The number of sulfonamides is 1. The number of aromatic nitrogens is 1. The molecule has 0 saturated carbocycles. The van der Waals surface area contributed by atoms with Crippen molar-refractivity contribution in [2.45, 2.75) is 38.5 Å². The van der Waals surface area contributed by atoms with Crippen molar-refractivity contribution < 1.29 is 13.2 Å². The minimum Gasteiger partial charge on any atom is -0.361 e. The zero-order chi connectivity index (χ0) is 19.1. The van der Waals surface area contributed by atoms with Crippen LogP contribution in [0.1, 0.15) is 40.2 Å². The van der Waals surface area contributed by atoms with E-state index < -0.39 is 10.0 Å². The van der Waals surface area contributed by atoms with Gasteiger partial charge in [0, 0.05) is 29.5 Å². The number of carbonyl (C=O) groups excluding carboxylic acids is 1. The van der Waals surface area contributed by atoms with Gasteiger partial charge >= 0.3 is 0 Å². The van der Waals surface area contributed by atoms with Gasteiger partial charge in [-0.3, -0.25) is 9.52 Å². The number of nitrogens with zero attached hydrogens (tertiary/aromatic N) is 1. The van der Waals surface area contributed by atoms with E-state index in [-0.39, 0.29) is 16.4 Å². The summed E-state index contributed by atoms with van der Waals surface area (Å²) in [5.74, 6) is -0.243. The van der Waals surface area contributed by atoms with Gasteiger partial charge in [0.25, 0.3) is 15.9 Å². The van der Waals surface area contributed by atoms with E-state index in [1.165, 1.54) is 0 Å². The largest absolute Gasteiger partial charge is 0.361 e. The van der Waals surface area contributed by atoms with Gasteiger partial charge in [0.2, 0.25) is 0 Å². The highest BCUT2D eigenvalue weighted by Gasteiger charge is 2.32. The molecule has 2 N–H and O–H groups in total. The number of halogens is 1. The Hall–Kier alpha value is -1.99. The predicted molar refractivity (Wildman–Crippen MR) is 102 cm³/mol. The van der Waals surface area contributed by atoms with Crippen LogP contribution in [-0.2, 0) is 10.0 Å². The third-order valence-corrected chi connectivity index (χ3v) is 6.41. The number of hydrogen-bond donors (Lipinski definition) is 2. The predicted octanol–water partition coefficient (Wildman–Crippen LogP) is 3.63. The first-order valence-electron chi connectivity index (χ1n) is 8.48. The summed E-state index contributed by atoms with van der Waals surface area (Å²) >= 11 is 5.99. The molecular formula is C18H22ClN3O3S. The van der Waals surface area contributed by atoms with Crippen molar-refractivity contribution in [3.05, 3.63) is 45.7 Å². The molecule has 0 atom stereocenters. The summed E-state index contributed by atoms with van der Waals surface area (Å²) < 4.78 is 28.8. The Morgan fingerprint density at radius 1 is 1.15 bits per heavy atom. The summed E-state index contributed by atoms with van der Waals surface area (Å²) in [6.07, 6.45) is 1.88. The van der Waals surface area contributed by atoms with Gasteiger partial charge in [-0.2, -0.15) is 0 Å². The molecule has 26 heavy (non-hydrogen) atoms. The molecule has 0 bridgehead atoms. The normalized spacial score (nSPS) is 14.7. The zero-order valence-corrected chi connectivity index (χ0v) is 16.6. The molecule has 3 rings (SSSR count). The second-order valence-electron chi connectivity index (χ2n) is 6.64. The van der Waals surface area contributed by atoms with Gasteiger partial charge < -0.3 is 9.88 Å². The van der Waals surface area contributed by atoms with Crippen LogP contribution in [0.5, 0.6) is 0 Å². The molecule has 0 radical (unpaired) electrons. The number of aromatic amines is 1. The molecule has 0 unspecified atom stereocenters. The van der Waals surface area contributed by atoms with Crippen LogP contribution in [0.3, 0.4) is 0 Å². The number of hydrogen-bond acceptors (Lipinski definition) is 3. The quantitative estimate of drug-likeness (QED) is 0.829. The number of carbonyl (C=O) groups is 1. The van der Waals surface area contributed by atoms with Crippen LogP contribution < -0.4 is 4.72 Å². The third-order valence-electron chi connectivity index (χ3n) is 4.64. The maximum Gasteiger partial charge on any atom is 0.264 e. The highest BCUT2D eigenvalue weighted by molar-refractivity contribution is 7.92. The second kappa shape index (κ2) is 6.96. The van der Waals surface area contributed by atoms with E-state index >= 15 is 0 Å². The lowest BCUT2D eigenvalue weighted by atomic mass is 10.2. The van der Waals surface area contributed by atoms with E-state index in [9.17, 15) is 13.2 Å². The number of likely N-dealkylation sites (tertiary alicyclic amines) is 1. The average molecular weight is 396 g/mol. The fourth-order valence-corrected chi connectivity index (χ4v) is 5.08. The van der Waals surface area contributed by atoms with E-state index in [0.29, 0.717) is 35.2 Å². The number of amides is 1. The van der Waals surface area contributed by atoms with Gasteiger partial charge in [0.05, 0.1) is 11.3 Å². The molecule has 0 aliphatic carbocycles. The van der Waals surface area contributed by atoms with E-state index in [2.05, 4.69) is 9.71 Å². The van der Waals surface area contributed by atoms with Crippen LogP contribution in [0, 0.1) is 20.8 Å². The van der Waals surface area contributed by atoms with E-state index in [1.54, 1.807) is 43.9 Å². The van der Waals surface area contributed by atoms with Crippen molar-refractivity contribution in [3.8, 4) is 0 Å². The maximum atomic E-state index is 13.1. The minimum absolute atomic E-state index is 0.00581.